The lowest BCUT2D eigenvalue weighted by molar-refractivity contribution is 0.279. The summed E-state index contributed by atoms with van der Waals surface area (Å²) in [4.78, 5) is 2.54. The summed E-state index contributed by atoms with van der Waals surface area (Å²) in [5, 5.41) is 3.83. The maximum Gasteiger partial charge on any atom is 0.0105 e. The van der Waals surface area contributed by atoms with Crippen LogP contribution in [0.1, 0.15) is 44.9 Å². The van der Waals surface area contributed by atoms with Crippen molar-refractivity contribution in [1.29, 1.82) is 0 Å². The van der Waals surface area contributed by atoms with Crippen LogP contribution in [0.5, 0.6) is 0 Å². The van der Waals surface area contributed by atoms with Crippen molar-refractivity contribution in [2.45, 2.75) is 57.0 Å². The number of hydrogen-bond acceptors (Lipinski definition) is 2. The molecule has 1 N–H and O–H groups in total. The highest BCUT2D eigenvalue weighted by molar-refractivity contribution is 4.94. The van der Waals surface area contributed by atoms with Gasteiger partial charge in [0.1, 0.15) is 0 Å². The van der Waals surface area contributed by atoms with Crippen molar-refractivity contribution < 1.29 is 0 Å². The van der Waals surface area contributed by atoms with Gasteiger partial charge in [0.15, 0.2) is 0 Å². The molecule has 4 atom stereocenters. The molecule has 1 aliphatic heterocycles. The molecule has 0 unspecified atom stereocenters. The third kappa shape index (κ3) is 2.14. The van der Waals surface area contributed by atoms with Crippen molar-refractivity contribution in [3.8, 4) is 0 Å². The fraction of sp³-hybridized carbons (Fsp3) is 1.00. The molecule has 0 radical (unpaired) electrons. The Morgan fingerprint density at radius 1 is 1.19 bits per heavy atom. The number of fused-ring (bicyclic) bond motifs is 2. The molecule has 2 nitrogen and oxygen atoms in total. The summed E-state index contributed by atoms with van der Waals surface area (Å²) in [7, 11) is 2.29. The third-order valence-corrected chi connectivity index (χ3v) is 5.29. The average molecular weight is 222 g/mol. The van der Waals surface area contributed by atoms with Gasteiger partial charge in [0, 0.05) is 12.1 Å². The van der Waals surface area contributed by atoms with E-state index in [2.05, 4.69) is 17.3 Å². The van der Waals surface area contributed by atoms with E-state index in [4.69, 9.17) is 0 Å². The molecule has 2 saturated carbocycles. The van der Waals surface area contributed by atoms with Crippen LogP contribution in [-0.2, 0) is 0 Å². The van der Waals surface area contributed by atoms with Gasteiger partial charge in [-0.1, -0.05) is 6.42 Å². The molecule has 3 rings (SSSR count). The summed E-state index contributed by atoms with van der Waals surface area (Å²) in [5.41, 5.74) is 0. The van der Waals surface area contributed by atoms with Gasteiger partial charge in [0.25, 0.3) is 0 Å². The van der Waals surface area contributed by atoms with Crippen LogP contribution >= 0.6 is 0 Å². The van der Waals surface area contributed by atoms with Gasteiger partial charge in [0.2, 0.25) is 0 Å². The predicted octanol–water partition coefficient (Wildman–Crippen LogP) is 2.25. The Balaban J connectivity index is 1.37. The van der Waals surface area contributed by atoms with E-state index >= 15 is 0 Å². The molecule has 2 heteroatoms. The fourth-order valence-electron chi connectivity index (χ4n) is 4.27. The number of likely N-dealkylation sites (tertiary alicyclic amines) is 1. The smallest absolute Gasteiger partial charge is 0.0105 e. The molecular formula is C14H26N2. The van der Waals surface area contributed by atoms with Crippen molar-refractivity contribution >= 4 is 0 Å². The standard InChI is InChI=1S/C14H26N2/c1-16-8-2-3-13(16)6-7-15-14-10-11-4-5-12(14)9-11/h11-15H,2-10H2,1H3/t11-,12-,13-,14-/m0/s1. The predicted molar refractivity (Wildman–Crippen MR) is 67.5 cm³/mol. The lowest BCUT2D eigenvalue weighted by Crippen LogP contribution is -2.37. The van der Waals surface area contributed by atoms with Crippen LogP contribution in [0.3, 0.4) is 0 Å². The molecule has 0 aromatic carbocycles. The van der Waals surface area contributed by atoms with Crippen LogP contribution in [0.4, 0.5) is 0 Å². The Kier molecular flexibility index (Phi) is 3.21. The van der Waals surface area contributed by atoms with Gasteiger partial charge in [-0.15, -0.1) is 0 Å². The van der Waals surface area contributed by atoms with Gasteiger partial charge in [-0.3, -0.25) is 0 Å². The molecule has 0 spiro atoms. The lowest BCUT2D eigenvalue weighted by atomic mass is 9.95. The molecule has 3 fully saturated rings. The van der Waals surface area contributed by atoms with Crippen molar-refractivity contribution in [2.24, 2.45) is 11.8 Å². The summed E-state index contributed by atoms with van der Waals surface area (Å²) >= 11 is 0. The minimum atomic E-state index is 0.867. The SMILES string of the molecule is CN1CCC[C@H]1CCN[C@H]1C[C@H]2CC[C@H]1C2. The van der Waals surface area contributed by atoms with Gasteiger partial charge in [-0.2, -0.15) is 0 Å². The van der Waals surface area contributed by atoms with Crippen molar-refractivity contribution in [3.63, 3.8) is 0 Å². The summed E-state index contributed by atoms with van der Waals surface area (Å²) in [6.07, 6.45) is 10.2. The minimum absolute atomic E-state index is 0.867. The number of nitrogens with one attached hydrogen (secondary N) is 1. The average Bonchev–Trinajstić information content (AvgIpc) is 2.96. The molecule has 3 aliphatic rings. The first-order valence-electron chi connectivity index (χ1n) is 7.26. The number of hydrogen-bond donors (Lipinski definition) is 1. The monoisotopic (exact) mass is 222 g/mol. The van der Waals surface area contributed by atoms with Crippen LogP contribution in [0.15, 0.2) is 0 Å². The van der Waals surface area contributed by atoms with E-state index < -0.39 is 0 Å². The molecule has 2 aliphatic carbocycles. The lowest BCUT2D eigenvalue weighted by Gasteiger charge is -2.25. The van der Waals surface area contributed by atoms with E-state index in [0.29, 0.717) is 0 Å². The third-order valence-electron chi connectivity index (χ3n) is 5.29. The quantitative estimate of drug-likeness (QED) is 0.785. The Morgan fingerprint density at radius 3 is 2.75 bits per heavy atom. The zero-order valence-corrected chi connectivity index (χ0v) is 10.6. The van der Waals surface area contributed by atoms with Crippen molar-refractivity contribution in [3.05, 3.63) is 0 Å². The van der Waals surface area contributed by atoms with Crippen LogP contribution in [0, 0.1) is 11.8 Å². The Labute approximate surface area is 99.8 Å². The molecule has 92 valence electrons. The Bertz CT molecular complexity index is 241. The van der Waals surface area contributed by atoms with E-state index in [1.54, 1.807) is 0 Å². The highest BCUT2D eigenvalue weighted by Gasteiger charge is 2.39. The van der Waals surface area contributed by atoms with Crippen LogP contribution < -0.4 is 5.32 Å². The molecule has 0 aromatic heterocycles. The molecule has 1 saturated heterocycles. The highest BCUT2D eigenvalue weighted by Crippen LogP contribution is 2.44. The van der Waals surface area contributed by atoms with E-state index in [9.17, 15) is 0 Å². The van der Waals surface area contributed by atoms with Gasteiger partial charge in [-0.05, 0) is 70.5 Å². The van der Waals surface area contributed by atoms with Gasteiger partial charge in [0.05, 0.1) is 0 Å². The minimum Gasteiger partial charge on any atom is -0.314 e. The second kappa shape index (κ2) is 4.66. The summed E-state index contributed by atoms with van der Waals surface area (Å²) in [6, 6.07) is 1.75. The van der Waals surface area contributed by atoms with Crippen LogP contribution in [0.2, 0.25) is 0 Å². The van der Waals surface area contributed by atoms with Crippen LogP contribution in [0.25, 0.3) is 0 Å². The molecular weight excluding hydrogens is 196 g/mol. The maximum atomic E-state index is 3.83. The molecule has 0 aromatic rings. The van der Waals surface area contributed by atoms with E-state index in [1.807, 2.05) is 0 Å². The van der Waals surface area contributed by atoms with Crippen molar-refractivity contribution in [2.75, 3.05) is 20.1 Å². The summed E-state index contributed by atoms with van der Waals surface area (Å²) < 4.78 is 0. The first kappa shape index (κ1) is 11.0. The van der Waals surface area contributed by atoms with Crippen molar-refractivity contribution in [1.82, 2.24) is 10.2 Å². The van der Waals surface area contributed by atoms with E-state index in [-0.39, 0.29) is 0 Å². The second-order valence-corrected chi connectivity index (χ2v) is 6.30. The van der Waals surface area contributed by atoms with E-state index in [0.717, 1.165) is 23.9 Å². The van der Waals surface area contributed by atoms with Crippen LogP contribution in [-0.4, -0.2) is 37.1 Å². The Morgan fingerprint density at radius 2 is 2.12 bits per heavy atom. The van der Waals surface area contributed by atoms with Gasteiger partial charge in [-0.25, -0.2) is 0 Å². The second-order valence-electron chi connectivity index (χ2n) is 6.30. The zero-order chi connectivity index (χ0) is 11.0. The summed E-state index contributed by atoms with van der Waals surface area (Å²) in [5.74, 6) is 2.11. The number of nitrogens with zero attached hydrogens (tertiary/aromatic N) is 1. The zero-order valence-electron chi connectivity index (χ0n) is 10.6. The number of rotatable bonds is 4. The topological polar surface area (TPSA) is 15.3 Å². The molecule has 16 heavy (non-hydrogen) atoms. The Hall–Kier alpha value is -0.0800. The van der Waals surface area contributed by atoms with E-state index in [1.165, 1.54) is 58.0 Å². The largest absolute Gasteiger partial charge is 0.314 e. The normalized spacial score (nSPS) is 43.3. The first-order chi connectivity index (χ1) is 7.83. The molecule has 0 amide bonds. The highest BCUT2D eigenvalue weighted by atomic mass is 15.1. The molecule has 2 bridgehead atoms. The maximum absolute atomic E-state index is 3.83. The first-order valence-corrected chi connectivity index (χ1v) is 7.26. The summed E-state index contributed by atoms with van der Waals surface area (Å²) in [6.45, 7) is 2.57. The van der Waals surface area contributed by atoms with Gasteiger partial charge >= 0.3 is 0 Å². The van der Waals surface area contributed by atoms with Gasteiger partial charge < -0.3 is 10.2 Å². The molecule has 1 heterocycles. The fourth-order valence-corrected chi connectivity index (χ4v) is 4.27.